The van der Waals surface area contributed by atoms with Gasteiger partial charge in [-0.2, -0.15) is 0 Å². The molecule has 1 unspecified atom stereocenters. The lowest BCUT2D eigenvalue weighted by Crippen LogP contribution is -2.37. The zero-order valence-corrected chi connectivity index (χ0v) is 8.24. The minimum atomic E-state index is -0.461. The lowest BCUT2D eigenvalue weighted by Gasteiger charge is -2.09. The summed E-state index contributed by atoms with van der Waals surface area (Å²) in [6.07, 6.45) is 1.83. The molecule has 1 heterocycles. The van der Waals surface area contributed by atoms with Gasteiger partial charge < -0.3 is 9.73 Å². The zero-order chi connectivity index (χ0) is 10.6. The van der Waals surface area contributed by atoms with Crippen molar-refractivity contribution >= 4 is 11.7 Å². The molecule has 0 spiro atoms. The van der Waals surface area contributed by atoms with Gasteiger partial charge in [-0.25, -0.2) is 0 Å². The topological polar surface area (TPSA) is 59.3 Å². The van der Waals surface area contributed by atoms with Crippen LogP contribution in [0.1, 0.15) is 30.8 Å². The summed E-state index contributed by atoms with van der Waals surface area (Å²) in [5.41, 5.74) is 0. The average molecular weight is 195 g/mol. The molecule has 4 heteroatoms. The molecule has 0 fully saturated rings. The summed E-state index contributed by atoms with van der Waals surface area (Å²) < 4.78 is 4.89. The van der Waals surface area contributed by atoms with Gasteiger partial charge in [0.15, 0.2) is 11.5 Å². The van der Waals surface area contributed by atoms with E-state index >= 15 is 0 Å². The van der Waals surface area contributed by atoms with Crippen LogP contribution >= 0.6 is 0 Å². The summed E-state index contributed by atoms with van der Waals surface area (Å²) in [7, 11) is 0. The molecule has 1 N–H and O–H groups in total. The second kappa shape index (κ2) is 4.60. The summed E-state index contributed by atoms with van der Waals surface area (Å²) in [6, 6.07) is 2.72. The van der Waals surface area contributed by atoms with Crippen LogP contribution in [-0.4, -0.2) is 17.7 Å². The quantitative estimate of drug-likeness (QED) is 0.789. The Kier molecular flexibility index (Phi) is 3.45. The molecule has 0 bridgehead atoms. The van der Waals surface area contributed by atoms with Crippen molar-refractivity contribution in [1.82, 2.24) is 5.32 Å². The van der Waals surface area contributed by atoms with E-state index in [1.165, 1.54) is 6.26 Å². The maximum absolute atomic E-state index is 11.4. The van der Waals surface area contributed by atoms with Crippen LogP contribution < -0.4 is 5.32 Å². The highest BCUT2D eigenvalue weighted by Crippen LogP contribution is 2.00. The number of nitrogens with one attached hydrogen (secondary N) is 1. The lowest BCUT2D eigenvalue weighted by atomic mass is 10.1. The maximum atomic E-state index is 11.4. The molecule has 4 nitrogen and oxygen atoms in total. The maximum Gasteiger partial charge on any atom is 0.287 e. The van der Waals surface area contributed by atoms with Crippen molar-refractivity contribution in [1.29, 1.82) is 0 Å². The number of carbonyl (C=O) groups excluding carboxylic acids is 2. The molecule has 0 aliphatic rings. The van der Waals surface area contributed by atoms with Crippen molar-refractivity contribution in [2.24, 2.45) is 0 Å². The Morgan fingerprint density at radius 2 is 2.29 bits per heavy atom. The van der Waals surface area contributed by atoms with Gasteiger partial charge in [-0.05, 0) is 19.1 Å². The number of hydrogen-bond acceptors (Lipinski definition) is 3. The van der Waals surface area contributed by atoms with Gasteiger partial charge in [0, 0.05) is 6.42 Å². The van der Waals surface area contributed by atoms with Crippen LogP contribution in [0.4, 0.5) is 0 Å². The van der Waals surface area contributed by atoms with Gasteiger partial charge in [-0.3, -0.25) is 9.59 Å². The highest BCUT2D eigenvalue weighted by molar-refractivity contribution is 5.95. The van der Waals surface area contributed by atoms with Crippen LogP contribution in [0.3, 0.4) is 0 Å². The molecule has 0 saturated heterocycles. The Labute approximate surface area is 82.3 Å². The summed E-state index contributed by atoms with van der Waals surface area (Å²) in [6.45, 7) is 3.42. The fraction of sp³-hybridized carbons (Fsp3) is 0.400. The highest BCUT2D eigenvalue weighted by Gasteiger charge is 2.15. The zero-order valence-electron chi connectivity index (χ0n) is 8.24. The van der Waals surface area contributed by atoms with Gasteiger partial charge in [0.05, 0.1) is 12.3 Å². The molecule has 1 aromatic heterocycles. The van der Waals surface area contributed by atoms with Crippen molar-refractivity contribution in [2.45, 2.75) is 26.3 Å². The van der Waals surface area contributed by atoms with E-state index in [1.54, 1.807) is 26.0 Å². The SMILES string of the molecule is CCC(=O)C(C)NC(=O)c1ccco1. The second-order valence-corrected chi connectivity index (χ2v) is 2.99. The van der Waals surface area contributed by atoms with Crippen molar-refractivity contribution in [3.8, 4) is 0 Å². The molecule has 76 valence electrons. The third kappa shape index (κ3) is 2.45. The Hall–Kier alpha value is -1.58. The minimum Gasteiger partial charge on any atom is -0.459 e. The number of amides is 1. The molecule has 0 aliphatic carbocycles. The number of rotatable bonds is 4. The van der Waals surface area contributed by atoms with Gasteiger partial charge >= 0.3 is 0 Å². The van der Waals surface area contributed by atoms with Crippen LogP contribution in [0, 0.1) is 0 Å². The fourth-order valence-electron chi connectivity index (χ4n) is 1.06. The molecular weight excluding hydrogens is 182 g/mol. The normalized spacial score (nSPS) is 12.1. The third-order valence-electron chi connectivity index (χ3n) is 1.92. The standard InChI is InChI=1S/C10H13NO3/c1-3-8(12)7(2)11-10(13)9-5-4-6-14-9/h4-7H,3H2,1-2H3,(H,11,13). The molecule has 0 aliphatic heterocycles. The fourth-order valence-corrected chi connectivity index (χ4v) is 1.06. The Morgan fingerprint density at radius 1 is 1.57 bits per heavy atom. The van der Waals surface area contributed by atoms with E-state index in [1.807, 2.05) is 0 Å². The van der Waals surface area contributed by atoms with Crippen molar-refractivity contribution in [2.75, 3.05) is 0 Å². The van der Waals surface area contributed by atoms with E-state index in [0.29, 0.717) is 6.42 Å². The van der Waals surface area contributed by atoms with Crippen LogP contribution in [0.5, 0.6) is 0 Å². The summed E-state index contributed by atoms with van der Waals surface area (Å²) in [5, 5.41) is 2.55. The Balaban J connectivity index is 2.53. The number of Topliss-reactive ketones (excluding diaryl/α,β-unsaturated/α-hetero) is 1. The number of hydrogen-bond donors (Lipinski definition) is 1. The van der Waals surface area contributed by atoms with Crippen LogP contribution in [-0.2, 0) is 4.79 Å². The molecule has 14 heavy (non-hydrogen) atoms. The predicted octanol–water partition coefficient (Wildman–Crippen LogP) is 1.38. The molecule has 1 rings (SSSR count). The smallest absolute Gasteiger partial charge is 0.287 e. The first-order chi connectivity index (χ1) is 6.65. The molecule has 0 radical (unpaired) electrons. The summed E-state index contributed by atoms with van der Waals surface area (Å²) >= 11 is 0. The first-order valence-electron chi connectivity index (χ1n) is 4.52. The van der Waals surface area contributed by atoms with Crippen molar-refractivity contribution in [3.05, 3.63) is 24.2 Å². The lowest BCUT2D eigenvalue weighted by molar-refractivity contribution is -0.120. The first kappa shape index (κ1) is 10.5. The molecule has 1 atom stereocenters. The van der Waals surface area contributed by atoms with Crippen molar-refractivity contribution in [3.63, 3.8) is 0 Å². The molecular formula is C10H13NO3. The predicted molar refractivity (Wildman–Crippen MR) is 50.9 cm³/mol. The van der Waals surface area contributed by atoms with E-state index in [9.17, 15) is 9.59 Å². The largest absolute Gasteiger partial charge is 0.459 e. The molecule has 1 amide bonds. The summed E-state index contributed by atoms with van der Waals surface area (Å²) in [5.74, 6) is -0.130. The van der Waals surface area contributed by atoms with Gasteiger partial charge in [-0.1, -0.05) is 6.92 Å². The Morgan fingerprint density at radius 3 is 2.79 bits per heavy atom. The van der Waals surface area contributed by atoms with Gasteiger partial charge in [0.1, 0.15) is 0 Å². The average Bonchev–Trinajstić information content (AvgIpc) is 2.69. The van der Waals surface area contributed by atoms with E-state index in [0.717, 1.165) is 0 Å². The molecule has 0 saturated carbocycles. The summed E-state index contributed by atoms with van der Waals surface area (Å²) in [4.78, 5) is 22.6. The van der Waals surface area contributed by atoms with Crippen LogP contribution in [0.25, 0.3) is 0 Å². The highest BCUT2D eigenvalue weighted by atomic mass is 16.3. The minimum absolute atomic E-state index is 0.00454. The number of furan rings is 1. The van der Waals surface area contributed by atoms with Crippen LogP contribution in [0.2, 0.25) is 0 Å². The van der Waals surface area contributed by atoms with E-state index in [-0.39, 0.29) is 17.5 Å². The van der Waals surface area contributed by atoms with Crippen LogP contribution in [0.15, 0.2) is 22.8 Å². The van der Waals surface area contributed by atoms with E-state index in [2.05, 4.69) is 5.32 Å². The van der Waals surface area contributed by atoms with Gasteiger partial charge in [0.25, 0.3) is 5.91 Å². The van der Waals surface area contributed by atoms with Gasteiger partial charge in [0.2, 0.25) is 0 Å². The van der Waals surface area contributed by atoms with E-state index < -0.39 is 6.04 Å². The number of ketones is 1. The van der Waals surface area contributed by atoms with Gasteiger partial charge in [-0.15, -0.1) is 0 Å². The van der Waals surface area contributed by atoms with Crippen molar-refractivity contribution < 1.29 is 14.0 Å². The first-order valence-corrected chi connectivity index (χ1v) is 4.52. The van der Waals surface area contributed by atoms with E-state index in [4.69, 9.17) is 4.42 Å². The second-order valence-electron chi connectivity index (χ2n) is 2.99. The Bertz CT molecular complexity index is 316. The number of carbonyl (C=O) groups is 2. The third-order valence-corrected chi connectivity index (χ3v) is 1.92. The molecule has 1 aromatic rings. The molecule has 0 aromatic carbocycles. The monoisotopic (exact) mass is 195 g/mol.